The number of fused-ring (bicyclic) bond motifs is 1. The van der Waals surface area contributed by atoms with E-state index in [0.29, 0.717) is 0 Å². The van der Waals surface area contributed by atoms with Gasteiger partial charge in [-0.3, -0.25) is 4.98 Å². The molecule has 4 heteroatoms. The largest absolute Gasteiger partial charge is 0.301 e. The van der Waals surface area contributed by atoms with E-state index in [1.54, 1.807) is 23.5 Å². The Balaban J connectivity index is 0.000000179. The monoisotopic (exact) mass is 424 g/mol. The second-order valence-corrected chi connectivity index (χ2v) is 8.48. The number of aryl methyl sites for hydroxylation is 1. The summed E-state index contributed by atoms with van der Waals surface area (Å²) in [6, 6.07) is 16.6. The average molecular weight is 425 g/mol. The molecule has 3 heterocycles. The second kappa shape index (κ2) is 12.4. The van der Waals surface area contributed by atoms with Crippen molar-refractivity contribution >= 4 is 22.9 Å². The van der Waals surface area contributed by atoms with Gasteiger partial charge in [0.05, 0.1) is 4.34 Å². The minimum Gasteiger partial charge on any atom is -0.301 e. The van der Waals surface area contributed by atoms with Gasteiger partial charge in [-0.25, -0.2) is 0 Å². The van der Waals surface area contributed by atoms with E-state index in [0.717, 1.165) is 29.4 Å². The molecule has 29 heavy (non-hydrogen) atoms. The lowest BCUT2D eigenvalue weighted by Crippen LogP contribution is -2.24. The lowest BCUT2D eigenvalue weighted by atomic mass is 10.1. The van der Waals surface area contributed by atoms with Crippen LogP contribution in [-0.4, -0.2) is 23.5 Å². The van der Waals surface area contributed by atoms with Crippen molar-refractivity contribution in [1.29, 1.82) is 0 Å². The Morgan fingerprint density at radius 2 is 1.83 bits per heavy atom. The molecule has 0 N–H and O–H groups in total. The quantitative estimate of drug-likeness (QED) is 0.418. The minimum absolute atomic E-state index is 0.935. The highest BCUT2D eigenvalue weighted by Gasteiger charge is 2.15. The Morgan fingerprint density at radius 1 is 1.10 bits per heavy atom. The molecule has 1 aliphatic rings. The smallest absolute Gasteiger partial charge is 0.0934 e. The molecule has 0 spiro atoms. The molecule has 2 aromatic heterocycles. The summed E-state index contributed by atoms with van der Waals surface area (Å²) in [4.78, 5) is 8.15. The number of halogens is 1. The first-order chi connectivity index (χ1) is 14.1. The van der Waals surface area contributed by atoms with E-state index in [9.17, 15) is 0 Å². The molecule has 0 saturated heterocycles. The van der Waals surface area contributed by atoms with Gasteiger partial charge in [0, 0.05) is 35.4 Å². The van der Waals surface area contributed by atoms with Crippen LogP contribution in [0, 0.1) is 0 Å². The molecule has 0 fully saturated rings. The predicted octanol–water partition coefficient (Wildman–Crippen LogP) is 7.06. The van der Waals surface area contributed by atoms with Crippen molar-refractivity contribution in [1.82, 2.24) is 9.88 Å². The fraction of sp³-hybridized carbons (Fsp3) is 0.240. The summed E-state index contributed by atoms with van der Waals surface area (Å²) in [5.74, 6) is 0. The van der Waals surface area contributed by atoms with Crippen LogP contribution >= 0.6 is 22.9 Å². The molecule has 0 unspecified atom stereocenters. The Labute approximate surface area is 184 Å². The van der Waals surface area contributed by atoms with E-state index in [4.69, 9.17) is 11.6 Å². The topological polar surface area (TPSA) is 16.1 Å². The van der Waals surface area contributed by atoms with Gasteiger partial charge in [0.15, 0.2) is 0 Å². The number of nitrogens with zero attached hydrogens (tertiary/aromatic N) is 2. The maximum Gasteiger partial charge on any atom is 0.0934 e. The van der Waals surface area contributed by atoms with E-state index in [1.807, 2.05) is 24.4 Å². The average Bonchev–Trinajstić information content (AvgIpc) is 3.14. The minimum atomic E-state index is 0.935. The number of allylic oxidation sites excluding steroid dienone is 2. The maximum atomic E-state index is 5.90. The van der Waals surface area contributed by atoms with Gasteiger partial charge in [-0.1, -0.05) is 80.2 Å². The van der Waals surface area contributed by atoms with Crippen LogP contribution in [0.4, 0.5) is 0 Å². The third-order valence-corrected chi connectivity index (χ3v) is 5.79. The third-order valence-electron chi connectivity index (χ3n) is 4.50. The van der Waals surface area contributed by atoms with Crippen molar-refractivity contribution in [2.75, 3.05) is 13.6 Å². The maximum absolute atomic E-state index is 5.90. The highest BCUT2D eigenvalue weighted by Crippen LogP contribution is 2.30. The van der Waals surface area contributed by atoms with E-state index in [1.165, 1.54) is 28.1 Å². The van der Waals surface area contributed by atoms with Crippen molar-refractivity contribution < 1.29 is 0 Å². The number of aromatic nitrogens is 1. The Hall–Kier alpha value is -2.20. The standard InChI is InChI=1S/C13H13N.C8H10ClNS.C4H6/c1-2-13-9-8-12(10-14-13)11-6-4-3-5-7-11;1-10-3-2-6-4-8(9)11-7(6)5-10;1-3-4-2/h3-10H,2H2,1H3;4H,2-3,5H2,1H3;3-4H,1-2H2. The molecule has 3 aromatic rings. The summed E-state index contributed by atoms with van der Waals surface area (Å²) in [5.41, 5.74) is 5.01. The molecule has 2 nitrogen and oxygen atoms in total. The fourth-order valence-electron chi connectivity index (χ4n) is 2.85. The Bertz CT molecular complexity index is 879. The summed E-state index contributed by atoms with van der Waals surface area (Å²) in [7, 11) is 2.15. The van der Waals surface area contributed by atoms with Gasteiger partial charge in [-0.15, -0.1) is 11.3 Å². The van der Waals surface area contributed by atoms with Crippen LogP contribution in [-0.2, 0) is 19.4 Å². The summed E-state index contributed by atoms with van der Waals surface area (Å²) < 4.78 is 0.935. The zero-order valence-electron chi connectivity index (χ0n) is 17.3. The molecular formula is C25H29ClN2S. The van der Waals surface area contributed by atoms with E-state index in [-0.39, 0.29) is 0 Å². The van der Waals surface area contributed by atoms with E-state index in [2.05, 4.69) is 67.3 Å². The van der Waals surface area contributed by atoms with Crippen LogP contribution < -0.4 is 0 Å². The molecule has 1 aromatic carbocycles. The lowest BCUT2D eigenvalue weighted by molar-refractivity contribution is 0.317. The van der Waals surface area contributed by atoms with E-state index < -0.39 is 0 Å². The zero-order chi connectivity index (χ0) is 21.1. The highest BCUT2D eigenvalue weighted by atomic mass is 35.5. The molecular weight excluding hydrogens is 396 g/mol. The molecule has 4 rings (SSSR count). The van der Waals surface area contributed by atoms with Crippen LogP contribution in [0.1, 0.15) is 23.1 Å². The summed E-state index contributed by atoms with van der Waals surface area (Å²) >= 11 is 7.62. The van der Waals surface area contributed by atoms with Crippen LogP contribution in [0.15, 0.2) is 80.0 Å². The third kappa shape index (κ3) is 7.62. The number of rotatable bonds is 3. The van der Waals surface area contributed by atoms with Crippen LogP contribution in [0.25, 0.3) is 11.1 Å². The van der Waals surface area contributed by atoms with Gasteiger partial charge in [-0.2, -0.15) is 0 Å². The molecule has 0 atom stereocenters. The van der Waals surface area contributed by atoms with Crippen molar-refractivity contribution in [2.24, 2.45) is 0 Å². The number of hydrogen-bond donors (Lipinski definition) is 0. The number of likely N-dealkylation sites (N-methyl/N-ethyl adjacent to an activating group) is 1. The SMILES string of the molecule is C=CC=C.CCc1ccc(-c2ccccc2)cn1.CN1CCc2cc(Cl)sc2C1. The fourth-order valence-corrected chi connectivity index (χ4v) is 4.27. The summed E-state index contributed by atoms with van der Waals surface area (Å²) in [6.07, 6.45) is 7.37. The van der Waals surface area contributed by atoms with Crippen molar-refractivity contribution in [3.8, 4) is 11.1 Å². The lowest BCUT2D eigenvalue weighted by Gasteiger charge is -2.21. The Kier molecular flexibility index (Phi) is 9.85. The predicted molar refractivity (Wildman–Crippen MR) is 129 cm³/mol. The zero-order valence-corrected chi connectivity index (χ0v) is 18.8. The van der Waals surface area contributed by atoms with Crippen molar-refractivity contribution in [3.63, 3.8) is 0 Å². The Morgan fingerprint density at radius 3 is 2.41 bits per heavy atom. The van der Waals surface area contributed by atoms with Crippen molar-refractivity contribution in [2.45, 2.75) is 26.3 Å². The van der Waals surface area contributed by atoms with E-state index >= 15 is 0 Å². The van der Waals surface area contributed by atoms with Gasteiger partial charge in [-0.05, 0) is 43.1 Å². The van der Waals surface area contributed by atoms with Crippen LogP contribution in [0.3, 0.4) is 0 Å². The molecule has 0 bridgehead atoms. The van der Waals surface area contributed by atoms with Crippen LogP contribution in [0.2, 0.25) is 4.34 Å². The number of pyridine rings is 1. The molecule has 1 aliphatic heterocycles. The first-order valence-electron chi connectivity index (χ1n) is 9.76. The summed E-state index contributed by atoms with van der Waals surface area (Å²) in [5, 5.41) is 0. The second-order valence-electron chi connectivity index (χ2n) is 6.72. The first-order valence-corrected chi connectivity index (χ1v) is 11.0. The molecule has 152 valence electrons. The molecule has 0 amide bonds. The van der Waals surface area contributed by atoms with Gasteiger partial charge >= 0.3 is 0 Å². The normalized spacial score (nSPS) is 12.5. The number of thiophene rings is 1. The highest BCUT2D eigenvalue weighted by molar-refractivity contribution is 7.16. The van der Waals surface area contributed by atoms with Gasteiger partial charge < -0.3 is 4.90 Å². The molecule has 0 aliphatic carbocycles. The van der Waals surface area contributed by atoms with Gasteiger partial charge in [0.2, 0.25) is 0 Å². The number of benzene rings is 1. The van der Waals surface area contributed by atoms with Crippen molar-refractivity contribution in [3.05, 3.63) is 101 Å². The van der Waals surface area contributed by atoms with Gasteiger partial charge in [0.25, 0.3) is 0 Å². The number of hydrogen-bond acceptors (Lipinski definition) is 3. The first kappa shape index (κ1) is 23.1. The molecule has 0 radical (unpaired) electrons. The van der Waals surface area contributed by atoms with Gasteiger partial charge in [0.1, 0.15) is 0 Å². The summed E-state index contributed by atoms with van der Waals surface area (Å²) in [6.45, 7) is 11.1. The van der Waals surface area contributed by atoms with Crippen LogP contribution in [0.5, 0.6) is 0 Å². The molecule has 0 saturated carbocycles.